The molecule has 2 rings (SSSR count). The first-order valence-corrected chi connectivity index (χ1v) is 5.93. The summed E-state index contributed by atoms with van der Waals surface area (Å²) >= 11 is 0. The molecule has 1 saturated carbocycles. The predicted octanol–water partition coefficient (Wildman–Crippen LogP) is 2.49. The Balaban J connectivity index is 1.94. The van der Waals surface area contributed by atoms with Crippen LogP contribution in [0.2, 0.25) is 0 Å². The van der Waals surface area contributed by atoms with E-state index in [1.807, 2.05) is 18.2 Å². The van der Waals surface area contributed by atoms with E-state index in [1.165, 1.54) is 5.56 Å². The van der Waals surface area contributed by atoms with Crippen LogP contribution in [-0.4, -0.2) is 12.5 Å². The summed E-state index contributed by atoms with van der Waals surface area (Å²) in [5, 5.41) is 3.04. The zero-order valence-electron chi connectivity index (χ0n) is 9.99. The summed E-state index contributed by atoms with van der Waals surface area (Å²) in [5.41, 5.74) is 1.28. The molecule has 2 nitrogen and oxygen atoms in total. The minimum absolute atomic E-state index is 0.00576. The zero-order valence-corrected chi connectivity index (χ0v) is 9.99. The summed E-state index contributed by atoms with van der Waals surface area (Å²) < 4.78 is 0. The van der Waals surface area contributed by atoms with E-state index in [9.17, 15) is 4.79 Å². The number of nitrogens with one attached hydrogen (secondary N) is 1. The predicted molar refractivity (Wildman–Crippen MR) is 65.2 cm³/mol. The van der Waals surface area contributed by atoms with Gasteiger partial charge in [-0.3, -0.25) is 4.79 Å². The van der Waals surface area contributed by atoms with E-state index in [4.69, 9.17) is 0 Å². The van der Waals surface area contributed by atoms with Crippen molar-refractivity contribution in [3.8, 4) is 0 Å². The van der Waals surface area contributed by atoms with Crippen LogP contribution < -0.4 is 5.32 Å². The number of hydrogen-bond acceptors (Lipinski definition) is 1. The third-order valence-corrected chi connectivity index (χ3v) is 3.21. The quantitative estimate of drug-likeness (QED) is 0.825. The summed E-state index contributed by atoms with van der Waals surface area (Å²) in [6, 6.07) is 10.3. The van der Waals surface area contributed by atoms with Gasteiger partial charge in [0.05, 0.1) is 0 Å². The highest BCUT2D eigenvalue weighted by Gasteiger charge is 2.31. The smallest absolute Gasteiger partial charge is 0.223 e. The van der Waals surface area contributed by atoms with E-state index in [0.717, 1.165) is 12.8 Å². The second kappa shape index (κ2) is 4.28. The molecule has 0 aliphatic heterocycles. The van der Waals surface area contributed by atoms with E-state index in [1.54, 1.807) is 0 Å². The lowest BCUT2D eigenvalue weighted by Gasteiger charge is -2.25. The molecule has 1 amide bonds. The molecule has 1 N–H and O–H groups in total. The highest BCUT2D eigenvalue weighted by Crippen LogP contribution is 2.29. The van der Waals surface area contributed by atoms with Crippen LogP contribution in [0.1, 0.15) is 32.3 Å². The number of hydrogen-bond donors (Lipinski definition) is 1. The summed E-state index contributed by atoms with van der Waals surface area (Å²) in [5.74, 6) is 0.524. The van der Waals surface area contributed by atoms with Crippen molar-refractivity contribution in [1.29, 1.82) is 0 Å². The molecule has 86 valence electrons. The van der Waals surface area contributed by atoms with E-state index in [0.29, 0.717) is 12.5 Å². The largest absolute Gasteiger partial charge is 0.355 e. The minimum Gasteiger partial charge on any atom is -0.355 e. The van der Waals surface area contributed by atoms with Crippen LogP contribution in [-0.2, 0) is 10.2 Å². The van der Waals surface area contributed by atoms with Crippen molar-refractivity contribution in [3.63, 3.8) is 0 Å². The van der Waals surface area contributed by atoms with Crippen LogP contribution in [0, 0.1) is 5.92 Å². The average molecular weight is 217 g/mol. The Labute approximate surface area is 97.1 Å². The van der Waals surface area contributed by atoms with Crippen molar-refractivity contribution in [2.45, 2.75) is 32.1 Å². The van der Waals surface area contributed by atoms with Crippen LogP contribution in [0.3, 0.4) is 0 Å². The topological polar surface area (TPSA) is 29.1 Å². The lowest BCUT2D eigenvalue weighted by Crippen LogP contribution is -2.37. The molecule has 1 aromatic carbocycles. The summed E-state index contributed by atoms with van der Waals surface area (Å²) in [6.45, 7) is 5.04. The molecule has 0 bridgehead atoms. The van der Waals surface area contributed by atoms with Gasteiger partial charge in [-0.25, -0.2) is 0 Å². The van der Waals surface area contributed by atoms with Crippen molar-refractivity contribution in [2.75, 3.05) is 6.54 Å². The molecule has 0 radical (unpaired) electrons. The van der Waals surface area contributed by atoms with Gasteiger partial charge in [-0.05, 0) is 18.4 Å². The van der Waals surface area contributed by atoms with Crippen LogP contribution in [0.25, 0.3) is 0 Å². The molecule has 2 heteroatoms. The fourth-order valence-corrected chi connectivity index (χ4v) is 1.79. The van der Waals surface area contributed by atoms with E-state index >= 15 is 0 Å². The molecule has 0 atom stereocenters. The molecule has 1 fully saturated rings. The van der Waals surface area contributed by atoms with Gasteiger partial charge in [0.1, 0.15) is 0 Å². The number of benzene rings is 1. The first-order chi connectivity index (χ1) is 7.59. The number of rotatable bonds is 4. The lowest BCUT2D eigenvalue weighted by molar-refractivity contribution is -0.122. The van der Waals surface area contributed by atoms with Gasteiger partial charge in [0.2, 0.25) is 5.91 Å². The highest BCUT2D eigenvalue weighted by atomic mass is 16.2. The molecule has 16 heavy (non-hydrogen) atoms. The van der Waals surface area contributed by atoms with Crippen LogP contribution in [0.15, 0.2) is 30.3 Å². The van der Waals surface area contributed by atoms with E-state index in [2.05, 4.69) is 31.3 Å². The van der Waals surface area contributed by atoms with E-state index in [-0.39, 0.29) is 11.3 Å². The molecular formula is C14H19NO. The third-order valence-electron chi connectivity index (χ3n) is 3.21. The second-order valence-corrected chi connectivity index (χ2v) is 5.24. The average Bonchev–Trinajstić information content (AvgIpc) is 3.11. The molecule has 0 spiro atoms. The van der Waals surface area contributed by atoms with Gasteiger partial charge in [-0.2, -0.15) is 0 Å². The Kier molecular flexibility index (Phi) is 2.99. The van der Waals surface area contributed by atoms with Gasteiger partial charge >= 0.3 is 0 Å². The lowest BCUT2D eigenvalue weighted by atomic mass is 9.84. The van der Waals surface area contributed by atoms with Gasteiger partial charge < -0.3 is 5.32 Å². The first kappa shape index (κ1) is 11.2. The van der Waals surface area contributed by atoms with Gasteiger partial charge in [0.25, 0.3) is 0 Å². The van der Waals surface area contributed by atoms with Crippen molar-refractivity contribution in [2.24, 2.45) is 5.92 Å². The summed E-state index contributed by atoms with van der Waals surface area (Å²) in [6.07, 6.45) is 2.13. The second-order valence-electron chi connectivity index (χ2n) is 5.24. The number of amides is 1. The molecule has 1 aliphatic rings. The molecule has 0 unspecified atom stereocenters. The Morgan fingerprint density at radius 1 is 1.31 bits per heavy atom. The number of carbonyl (C=O) groups is 1. The normalized spacial score (nSPS) is 15.9. The van der Waals surface area contributed by atoms with Crippen LogP contribution in [0.4, 0.5) is 0 Å². The summed E-state index contributed by atoms with van der Waals surface area (Å²) in [7, 11) is 0. The van der Waals surface area contributed by atoms with Crippen LogP contribution in [0.5, 0.6) is 0 Å². The maximum absolute atomic E-state index is 11.6. The monoisotopic (exact) mass is 217 g/mol. The van der Waals surface area contributed by atoms with Gasteiger partial charge in [0, 0.05) is 17.9 Å². The maximum Gasteiger partial charge on any atom is 0.223 e. The molecule has 1 aromatic rings. The third kappa shape index (κ3) is 2.63. The highest BCUT2D eigenvalue weighted by molar-refractivity contribution is 5.80. The van der Waals surface area contributed by atoms with E-state index < -0.39 is 0 Å². The Bertz CT molecular complexity index is 366. The Morgan fingerprint density at radius 2 is 1.94 bits per heavy atom. The molecule has 1 aliphatic carbocycles. The first-order valence-electron chi connectivity index (χ1n) is 5.93. The van der Waals surface area contributed by atoms with Crippen LogP contribution >= 0.6 is 0 Å². The molecular weight excluding hydrogens is 198 g/mol. The van der Waals surface area contributed by atoms with Crippen molar-refractivity contribution >= 4 is 5.91 Å². The molecule has 0 heterocycles. The maximum atomic E-state index is 11.6. The zero-order chi connectivity index (χ0) is 11.6. The van der Waals surface area contributed by atoms with Crippen molar-refractivity contribution in [1.82, 2.24) is 5.32 Å². The van der Waals surface area contributed by atoms with Gasteiger partial charge in [0.15, 0.2) is 0 Å². The number of carbonyl (C=O) groups excluding carboxylic acids is 1. The fourth-order valence-electron chi connectivity index (χ4n) is 1.79. The van der Waals surface area contributed by atoms with Gasteiger partial charge in [-0.15, -0.1) is 0 Å². The van der Waals surface area contributed by atoms with Gasteiger partial charge in [-0.1, -0.05) is 44.2 Å². The Hall–Kier alpha value is -1.31. The Morgan fingerprint density at radius 3 is 2.50 bits per heavy atom. The minimum atomic E-state index is 0.00576. The standard InChI is InChI=1S/C14H19NO/c1-14(2,12-6-4-3-5-7-12)10-15-13(16)11-8-9-11/h3-7,11H,8-10H2,1-2H3,(H,15,16). The van der Waals surface area contributed by atoms with Crippen molar-refractivity contribution < 1.29 is 4.79 Å². The SMILES string of the molecule is CC(C)(CNC(=O)C1CC1)c1ccccc1. The molecule has 0 aromatic heterocycles. The molecule has 0 saturated heterocycles. The summed E-state index contributed by atoms with van der Waals surface area (Å²) in [4.78, 5) is 11.6. The fraction of sp³-hybridized carbons (Fsp3) is 0.500. The van der Waals surface area contributed by atoms with Crippen molar-refractivity contribution in [3.05, 3.63) is 35.9 Å².